The van der Waals surface area contributed by atoms with E-state index in [4.69, 9.17) is 0 Å². The van der Waals surface area contributed by atoms with Crippen molar-refractivity contribution in [3.05, 3.63) is 70.2 Å². The van der Waals surface area contributed by atoms with Crippen molar-refractivity contribution < 1.29 is 4.92 Å². The Kier molecular flexibility index (Phi) is 3.62. The van der Waals surface area contributed by atoms with Gasteiger partial charge in [0.2, 0.25) is 0 Å². The molecule has 21 heavy (non-hydrogen) atoms. The lowest BCUT2D eigenvalue weighted by Crippen LogP contribution is -1.91. The number of nitrogens with zero attached hydrogens (tertiary/aromatic N) is 3. The van der Waals surface area contributed by atoms with Crippen LogP contribution in [0.4, 0.5) is 5.69 Å². The van der Waals surface area contributed by atoms with Crippen molar-refractivity contribution >= 4 is 23.1 Å². The Morgan fingerprint density at radius 3 is 2.71 bits per heavy atom. The summed E-state index contributed by atoms with van der Waals surface area (Å²) in [5.41, 5.74) is 3.34. The van der Waals surface area contributed by atoms with E-state index in [1.165, 1.54) is 17.7 Å². The molecule has 0 aliphatic carbocycles. The summed E-state index contributed by atoms with van der Waals surface area (Å²) >= 11 is 1.64. The summed E-state index contributed by atoms with van der Waals surface area (Å²) in [7, 11) is 0. The molecule has 0 fully saturated rings. The van der Waals surface area contributed by atoms with Gasteiger partial charge in [0.15, 0.2) is 0 Å². The van der Waals surface area contributed by atoms with Gasteiger partial charge in [-0.25, -0.2) is 4.98 Å². The van der Waals surface area contributed by atoms with E-state index in [0.717, 1.165) is 22.0 Å². The number of imidazole rings is 1. The Labute approximate surface area is 125 Å². The molecule has 0 atom stereocenters. The van der Waals surface area contributed by atoms with Crippen LogP contribution in [-0.4, -0.2) is 14.3 Å². The smallest absolute Gasteiger partial charge is 0.269 e. The quantitative estimate of drug-likeness (QED) is 0.417. The van der Waals surface area contributed by atoms with E-state index >= 15 is 0 Å². The average molecular weight is 299 g/mol. The van der Waals surface area contributed by atoms with Gasteiger partial charge in [0.05, 0.1) is 16.8 Å². The molecule has 5 nitrogen and oxygen atoms in total. The molecule has 1 aromatic carbocycles. The van der Waals surface area contributed by atoms with Crippen LogP contribution in [0.1, 0.15) is 11.3 Å². The van der Waals surface area contributed by atoms with Gasteiger partial charge < -0.3 is 4.40 Å². The van der Waals surface area contributed by atoms with E-state index in [2.05, 4.69) is 15.6 Å². The molecule has 106 valence electrons. The Morgan fingerprint density at radius 1 is 1.24 bits per heavy atom. The summed E-state index contributed by atoms with van der Waals surface area (Å²) < 4.78 is 2.08. The molecule has 0 saturated heterocycles. The number of hydrogen-bond acceptors (Lipinski definition) is 4. The predicted octanol–water partition coefficient (Wildman–Crippen LogP) is 3.84. The predicted molar refractivity (Wildman–Crippen MR) is 82.6 cm³/mol. The lowest BCUT2D eigenvalue weighted by molar-refractivity contribution is -0.384. The number of nitro benzene ring substituents is 1. The Bertz CT molecular complexity index is 796. The molecule has 0 N–H and O–H groups in total. The maximum atomic E-state index is 10.6. The summed E-state index contributed by atoms with van der Waals surface area (Å²) in [5.74, 6) is 0.766. The second-order valence-electron chi connectivity index (χ2n) is 4.72. The lowest BCUT2D eigenvalue weighted by atomic mass is 10.3. The summed E-state index contributed by atoms with van der Waals surface area (Å²) in [6, 6.07) is 10.6. The highest BCUT2D eigenvalue weighted by Crippen LogP contribution is 2.25. The van der Waals surface area contributed by atoms with E-state index in [9.17, 15) is 10.1 Å². The molecule has 3 rings (SSSR count). The number of hydrogen-bond donors (Lipinski definition) is 0. The molecule has 0 aliphatic rings. The zero-order valence-electron chi connectivity index (χ0n) is 11.4. The number of pyridine rings is 1. The van der Waals surface area contributed by atoms with Crippen molar-refractivity contribution in [3.63, 3.8) is 0 Å². The fourth-order valence-electron chi connectivity index (χ4n) is 2.07. The third-order valence-corrected chi connectivity index (χ3v) is 4.21. The Balaban J connectivity index is 1.77. The van der Waals surface area contributed by atoms with E-state index in [1.807, 2.05) is 25.3 Å². The number of fused-ring (bicyclic) bond motifs is 1. The van der Waals surface area contributed by atoms with Gasteiger partial charge in [-0.1, -0.05) is 6.07 Å². The van der Waals surface area contributed by atoms with Crippen LogP contribution in [0.15, 0.2) is 53.7 Å². The van der Waals surface area contributed by atoms with E-state index in [-0.39, 0.29) is 10.6 Å². The first-order valence-electron chi connectivity index (χ1n) is 6.43. The topological polar surface area (TPSA) is 60.4 Å². The molecule has 6 heteroatoms. The second kappa shape index (κ2) is 5.57. The summed E-state index contributed by atoms with van der Waals surface area (Å²) in [4.78, 5) is 15.6. The van der Waals surface area contributed by atoms with Gasteiger partial charge in [-0.2, -0.15) is 0 Å². The minimum atomic E-state index is -0.387. The highest BCUT2D eigenvalue weighted by Gasteiger charge is 2.06. The first-order valence-corrected chi connectivity index (χ1v) is 7.42. The minimum Gasteiger partial charge on any atom is -0.303 e. The largest absolute Gasteiger partial charge is 0.303 e. The number of non-ortho nitro benzene ring substituents is 1. The van der Waals surface area contributed by atoms with Crippen molar-refractivity contribution in [1.29, 1.82) is 0 Å². The van der Waals surface area contributed by atoms with E-state index in [1.54, 1.807) is 23.9 Å². The van der Waals surface area contributed by atoms with E-state index < -0.39 is 0 Å². The van der Waals surface area contributed by atoms with Crippen molar-refractivity contribution in [2.45, 2.75) is 17.6 Å². The first kappa shape index (κ1) is 13.6. The fraction of sp³-hybridized carbons (Fsp3) is 0.133. The van der Waals surface area contributed by atoms with Gasteiger partial charge in [0, 0.05) is 29.0 Å². The van der Waals surface area contributed by atoms with Crippen LogP contribution < -0.4 is 0 Å². The van der Waals surface area contributed by atoms with Crippen molar-refractivity contribution in [2.24, 2.45) is 0 Å². The highest BCUT2D eigenvalue weighted by atomic mass is 32.2. The summed E-state index contributed by atoms with van der Waals surface area (Å²) in [6.07, 6.45) is 3.93. The second-order valence-corrected chi connectivity index (χ2v) is 5.77. The van der Waals surface area contributed by atoms with Gasteiger partial charge in [-0.3, -0.25) is 10.1 Å². The fourth-order valence-corrected chi connectivity index (χ4v) is 2.92. The number of aromatic nitrogens is 2. The Hall–Kier alpha value is -2.34. The number of rotatable bonds is 4. The molecule has 0 radical (unpaired) electrons. The third kappa shape index (κ3) is 2.90. The Morgan fingerprint density at radius 2 is 2.00 bits per heavy atom. The molecule has 0 aliphatic heterocycles. The van der Waals surface area contributed by atoms with E-state index in [0.29, 0.717) is 0 Å². The van der Waals surface area contributed by atoms with Gasteiger partial charge in [0.1, 0.15) is 5.65 Å². The SMILES string of the molecule is Cc1ccc2ncc(CSc3ccc([N+](=O)[O-])cc3)n2c1. The monoisotopic (exact) mass is 299 g/mol. The molecular formula is C15H13N3O2S. The summed E-state index contributed by atoms with van der Waals surface area (Å²) in [5, 5.41) is 10.6. The van der Waals surface area contributed by atoms with Gasteiger partial charge >= 0.3 is 0 Å². The van der Waals surface area contributed by atoms with Crippen LogP contribution in [0, 0.1) is 17.0 Å². The maximum absolute atomic E-state index is 10.6. The number of benzene rings is 1. The van der Waals surface area contributed by atoms with Crippen molar-refractivity contribution in [2.75, 3.05) is 0 Å². The number of aryl methyl sites for hydroxylation is 1. The molecule has 3 aromatic rings. The highest BCUT2D eigenvalue weighted by molar-refractivity contribution is 7.98. The zero-order chi connectivity index (χ0) is 14.8. The molecule has 2 aromatic heterocycles. The van der Waals surface area contributed by atoms with Crippen molar-refractivity contribution in [3.8, 4) is 0 Å². The molecule has 0 saturated carbocycles. The first-order chi connectivity index (χ1) is 10.1. The molecule has 2 heterocycles. The van der Waals surface area contributed by atoms with Crippen LogP contribution in [0.25, 0.3) is 5.65 Å². The lowest BCUT2D eigenvalue weighted by Gasteiger charge is -2.03. The molecular weight excluding hydrogens is 286 g/mol. The van der Waals surface area contributed by atoms with Crippen molar-refractivity contribution in [1.82, 2.24) is 9.38 Å². The zero-order valence-corrected chi connectivity index (χ0v) is 12.2. The normalized spacial score (nSPS) is 10.9. The van der Waals surface area contributed by atoms with Crippen LogP contribution in [0.5, 0.6) is 0 Å². The van der Waals surface area contributed by atoms with Crippen LogP contribution in [-0.2, 0) is 5.75 Å². The molecule has 0 unspecified atom stereocenters. The molecule has 0 spiro atoms. The number of nitro groups is 1. The van der Waals surface area contributed by atoms with Crippen LogP contribution in [0.3, 0.4) is 0 Å². The number of thioether (sulfide) groups is 1. The standard InChI is InChI=1S/C15H13N3O2S/c1-11-2-7-15-16-8-13(17(15)9-11)10-21-14-5-3-12(4-6-14)18(19)20/h2-9H,10H2,1H3. The van der Waals surface area contributed by atoms with Gasteiger partial charge in [-0.15, -0.1) is 11.8 Å². The molecule has 0 bridgehead atoms. The third-order valence-electron chi connectivity index (χ3n) is 3.16. The maximum Gasteiger partial charge on any atom is 0.269 e. The summed E-state index contributed by atoms with van der Waals surface area (Å²) in [6.45, 7) is 2.05. The average Bonchev–Trinajstić information content (AvgIpc) is 2.88. The van der Waals surface area contributed by atoms with Gasteiger partial charge in [0.25, 0.3) is 5.69 Å². The molecule has 0 amide bonds. The van der Waals surface area contributed by atoms with Crippen LogP contribution in [0.2, 0.25) is 0 Å². The minimum absolute atomic E-state index is 0.116. The van der Waals surface area contributed by atoms with Crippen LogP contribution >= 0.6 is 11.8 Å². The van der Waals surface area contributed by atoms with Gasteiger partial charge in [-0.05, 0) is 30.7 Å².